The predicted octanol–water partition coefficient (Wildman–Crippen LogP) is 3.14. The molecule has 1 aliphatic heterocycles. The number of rotatable bonds is 5. The number of aromatic nitrogens is 1. The molecule has 0 bridgehead atoms. The van der Waals surface area contributed by atoms with Gasteiger partial charge < -0.3 is 14.1 Å². The number of hydrogen-bond acceptors (Lipinski definition) is 6. The predicted molar refractivity (Wildman–Crippen MR) is 101 cm³/mol. The molecule has 7 heteroatoms. The number of ether oxygens (including phenoxy) is 1. The summed E-state index contributed by atoms with van der Waals surface area (Å²) < 4.78 is 10.6. The summed E-state index contributed by atoms with van der Waals surface area (Å²) in [5, 5.41) is 3.32. The van der Waals surface area contributed by atoms with E-state index < -0.39 is 0 Å². The number of piperazine rings is 1. The number of furan rings is 1. The fourth-order valence-electron chi connectivity index (χ4n) is 2.93. The van der Waals surface area contributed by atoms with E-state index in [-0.39, 0.29) is 11.3 Å². The number of hydrogen-bond donors (Lipinski definition) is 0. The van der Waals surface area contributed by atoms with Crippen LogP contribution in [0.25, 0.3) is 0 Å². The van der Waals surface area contributed by atoms with E-state index in [2.05, 4.69) is 31.1 Å². The van der Waals surface area contributed by atoms with Crippen LogP contribution in [0.5, 0.6) is 0 Å². The molecule has 3 rings (SSSR count). The van der Waals surface area contributed by atoms with Crippen LogP contribution in [0.4, 0.5) is 0 Å². The third kappa shape index (κ3) is 4.52. The summed E-state index contributed by atoms with van der Waals surface area (Å²) in [5.41, 5.74) is 1.22. The Balaban J connectivity index is 1.52. The smallest absolute Gasteiger partial charge is 0.289 e. The van der Waals surface area contributed by atoms with Crippen LogP contribution in [0.15, 0.2) is 21.9 Å². The zero-order valence-electron chi connectivity index (χ0n) is 15.9. The molecule has 0 unspecified atom stereocenters. The number of amides is 1. The lowest BCUT2D eigenvalue weighted by Crippen LogP contribution is -2.48. The van der Waals surface area contributed by atoms with Crippen LogP contribution < -0.4 is 0 Å². The van der Waals surface area contributed by atoms with Crippen LogP contribution in [-0.2, 0) is 23.3 Å². The Morgan fingerprint density at radius 3 is 2.62 bits per heavy atom. The van der Waals surface area contributed by atoms with Crippen molar-refractivity contribution in [2.75, 3.05) is 33.3 Å². The second kappa shape index (κ2) is 7.90. The number of methoxy groups -OCH3 is 1. The Kier molecular flexibility index (Phi) is 5.79. The lowest BCUT2D eigenvalue weighted by Gasteiger charge is -2.33. The maximum Gasteiger partial charge on any atom is 0.289 e. The normalized spacial score (nSPS) is 16.2. The molecule has 0 aromatic carbocycles. The van der Waals surface area contributed by atoms with Crippen molar-refractivity contribution in [3.63, 3.8) is 0 Å². The molecule has 0 radical (unpaired) electrons. The number of nitrogens with zero attached hydrogens (tertiary/aromatic N) is 3. The molecule has 1 aliphatic rings. The van der Waals surface area contributed by atoms with Crippen LogP contribution in [-0.4, -0.2) is 54.0 Å². The van der Waals surface area contributed by atoms with Crippen LogP contribution in [0, 0.1) is 0 Å². The molecule has 26 heavy (non-hydrogen) atoms. The Bertz CT molecular complexity index is 739. The van der Waals surface area contributed by atoms with Crippen molar-refractivity contribution >= 4 is 17.2 Å². The van der Waals surface area contributed by atoms with Gasteiger partial charge in [0.2, 0.25) is 0 Å². The van der Waals surface area contributed by atoms with E-state index in [4.69, 9.17) is 14.1 Å². The monoisotopic (exact) mass is 377 g/mol. The van der Waals surface area contributed by atoms with Crippen molar-refractivity contribution < 1.29 is 13.9 Å². The van der Waals surface area contributed by atoms with Crippen molar-refractivity contribution in [1.29, 1.82) is 0 Å². The van der Waals surface area contributed by atoms with E-state index in [0.29, 0.717) is 31.2 Å². The Labute approximate surface area is 158 Å². The summed E-state index contributed by atoms with van der Waals surface area (Å²) in [6.07, 6.45) is 0. The zero-order valence-corrected chi connectivity index (χ0v) is 16.8. The van der Waals surface area contributed by atoms with Gasteiger partial charge in [-0.2, -0.15) is 0 Å². The maximum atomic E-state index is 12.6. The Hall–Kier alpha value is -1.70. The van der Waals surface area contributed by atoms with E-state index >= 15 is 0 Å². The van der Waals surface area contributed by atoms with E-state index in [0.717, 1.165) is 25.3 Å². The van der Waals surface area contributed by atoms with Gasteiger partial charge in [-0.25, -0.2) is 4.98 Å². The average Bonchev–Trinajstić information content (AvgIpc) is 3.24. The fraction of sp³-hybridized carbons (Fsp3) is 0.579. The standard InChI is InChI=1S/C19H27N3O3S/c1-19(2,3)18-20-14(13-26-18)11-21-7-9-22(10-8-21)17(23)16-6-5-15(25-16)12-24-4/h5-6,13H,7-12H2,1-4H3. The van der Waals surface area contributed by atoms with E-state index in [1.54, 1.807) is 30.6 Å². The van der Waals surface area contributed by atoms with Crippen molar-refractivity contribution in [1.82, 2.24) is 14.8 Å². The summed E-state index contributed by atoms with van der Waals surface area (Å²) in [7, 11) is 1.61. The first-order valence-electron chi connectivity index (χ1n) is 8.91. The molecular formula is C19H27N3O3S. The molecule has 0 N–H and O–H groups in total. The van der Waals surface area contributed by atoms with Gasteiger partial charge in [0.05, 0.1) is 10.7 Å². The minimum atomic E-state index is -0.0457. The van der Waals surface area contributed by atoms with E-state index in [1.165, 1.54) is 5.01 Å². The molecule has 3 heterocycles. The summed E-state index contributed by atoms with van der Waals surface area (Å²) in [5.74, 6) is 1.02. The third-order valence-electron chi connectivity index (χ3n) is 4.40. The quantitative estimate of drug-likeness (QED) is 0.801. The van der Waals surface area contributed by atoms with Crippen molar-refractivity contribution in [3.8, 4) is 0 Å². The third-order valence-corrected chi connectivity index (χ3v) is 5.71. The first kappa shape index (κ1) is 19.1. The van der Waals surface area contributed by atoms with Gasteiger partial charge in [0.25, 0.3) is 5.91 Å². The summed E-state index contributed by atoms with van der Waals surface area (Å²) in [6, 6.07) is 3.52. The minimum absolute atomic E-state index is 0.0457. The first-order chi connectivity index (χ1) is 12.4. The highest BCUT2D eigenvalue weighted by Gasteiger charge is 2.25. The molecule has 6 nitrogen and oxygen atoms in total. The van der Waals surface area contributed by atoms with Gasteiger partial charge in [0.1, 0.15) is 12.4 Å². The minimum Gasteiger partial charge on any atom is -0.453 e. The fourth-order valence-corrected chi connectivity index (χ4v) is 3.83. The van der Waals surface area contributed by atoms with Crippen molar-refractivity contribution in [3.05, 3.63) is 39.7 Å². The van der Waals surface area contributed by atoms with Gasteiger partial charge in [0, 0.05) is 50.6 Å². The van der Waals surface area contributed by atoms with Gasteiger partial charge in [-0.05, 0) is 12.1 Å². The molecule has 142 valence electrons. The van der Waals surface area contributed by atoms with Gasteiger partial charge in [-0.1, -0.05) is 20.8 Å². The lowest BCUT2D eigenvalue weighted by atomic mass is 9.98. The molecule has 1 saturated heterocycles. The topological polar surface area (TPSA) is 58.8 Å². The zero-order chi connectivity index (χ0) is 18.7. The highest BCUT2D eigenvalue weighted by molar-refractivity contribution is 7.09. The number of carbonyl (C=O) groups is 1. The SMILES string of the molecule is COCc1ccc(C(=O)N2CCN(Cc3csc(C(C)(C)C)n3)CC2)o1. The average molecular weight is 378 g/mol. The van der Waals surface area contributed by atoms with Crippen LogP contribution >= 0.6 is 11.3 Å². The molecule has 1 amide bonds. The molecule has 0 atom stereocenters. The van der Waals surface area contributed by atoms with Crippen LogP contribution in [0.2, 0.25) is 0 Å². The second-order valence-electron chi connectivity index (χ2n) is 7.66. The highest BCUT2D eigenvalue weighted by Crippen LogP contribution is 2.26. The molecule has 0 spiro atoms. The lowest BCUT2D eigenvalue weighted by molar-refractivity contribution is 0.0590. The van der Waals surface area contributed by atoms with Gasteiger partial charge in [0.15, 0.2) is 5.76 Å². The highest BCUT2D eigenvalue weighted by atomic mass is 32.1. The Morgan fingerprint density at radius 2 is 2.00 bits per heavy atom. The number of thiazole rings is 1. The molecule has 0 saturated carbocycles. The number of carbonyl (C=O) groups excluding carboxylic acids is 1. The maximum absolute atomic E-state index is 12.6. The van der Waals surface area contributed by atoms with E-state index in [9.17, 15) is 4.79 Å². The summed E-state index contributed by atoms with van der Waals surface area (Å²) >= 11 is 1.73. The van der Waals surface area contributed by atoms with Crippen LogP contribution in [0.3, 0.4) is 0 Å². The van der Waals surface area contributed by atoms with E-state index in [1.807, 2.05) is 4.90 Å². The van der Waals surface area contributed by atoms with Crippen molar-refractivity contribution in [2.45, 2.75) is 39.3 Å². The molecule has 2 aromatic rings. The van der Waals surface area contributed by atoms with Crippen LogP contribution in [0.1, 0.15) is 47.8 Å². The summed E-state index contributed by atoms with van der Waals surface area (Å²) in [4.78, 5) is 21.5. The molecule has 0 aliphatic carbocycles. The second-order valence-corrected chi connectivity index (χ2v) is 8.52. The van der Waals surface area contributed by atoms with Gasteiger partial charge in [-0.3, -0.25) is 9.69 Å². The largest absolute Gasteiger partial charge is 0.453 e. The van der Waals surface area contributed by atoms with Gasteiger partial charge >= 0.3 is 0 Å². The summed E-state index contributed by atoms with van der Waals surface area (Å²) in [6.45, 7) is 10.9. The van der Waals surface area contributed by atoms with Crippen molar-refractivity contribution in [2.24, 2.45) is 0 Å². The molecular weight excluding hydrogens is 350 g/mol. The Morgan fingerprint density at radius 1 is 1.27 bits per heavy atom. The van der Waals surface area contributed by atoms with Gasteiger partial charge in [-0.15, -0.1) is 11.3 Å². The molecule has 1 fully saturated rings. The molecule has 2 aromatic heterocycles. The first-order valence-corrected chi connectivity index (χ1v) is 9.79.